The van der Waals surface area contributed by atoms with Gasteiger partial charge in [0.1, 0.15) is 0 Å². The Balaban J connectivity index is 2.46. The SMILES string of the molecule is CCN=C(SCC)N1CCNCC1. The number of piperazine rings is 1. The highest BCUT2D eigenvalue weighted by Gasteiger charge is 2.13. The van der Waals surface area contributed by atoms with Gasteiger partial charge >= 0.3 is 0 Å². The van der Waals surface area contributed by atoms with E-state index in [0.717, 1.165) is 38.5 Å². The third-order valence-electron chi connectivity index (χ3n) is 1.95. The predicted octanol–water partition coefficient (Wildman–Crippen LogP) is 1.02. The van der Waals surface area contributed by atoms with Crippen LogP contribution in [0.15, 0.2) is 4.99 Å². The van der Waals surface area contributed by atoms with Gasteiger partial charge in [-0.05, 0) is 12.7 Å². The summed E-state index contributed by atoms with van der Waals surface area (Å²) in [7, 11) is 0. The van der Waals surface area contributed by atoms with E-state index in [1.807, 2.05) is 11.8 Å². The van der Waals surface area contributed by atoms with Crippen LogP contribution in [0.25, 0.3) is 0 Å². The standard InChI is InChI=1S/C9H19N3S/c1-3-11-9(13-4-2)12-7-5-10-6-8-12/h10H,3-8H2,1-2H3. The van der Waals surface area contributed by atoms with Crippen molar-refractivity contribution < 1.29 is 0 Å². The van der Waals surface area contributed by atoms with Gasteiger partial charge in [0.15, 0.2) is 5.17 Å². The molecule has 1 heterocycles. The molecule has 0 radical (unpaired) electrons. The number of amidine groups is 1. The summed E-state index contributed by atoms with van der Waals surface area (Å²) in [5.74, 6) is 1.11. The van der Waals surface area contributed by atoms with Crippen molar-refractivity contribution in [1.82, 2.24) is 10.2 Å². The molecular weight excluding hydrogens is 182 g/mol. The Morgan fingerprint density at radius 1 is 1.38 bits per heavy atom. The Morgan fingerprint density at radius 3 is 2.62 bits per heavy atom. The molecule has 76 valence electrons. The van der Waals surface area contributed by atoms with Gasteiger partial charge in [0.2, 0.25) is 0 Å². The van der Waals surface area contributed by atoms with Gasteiger partial charge in [0.05, 0.1) is 0 Å². The Bertz CT molecular complexity index is 164. The summed E-state index contributed by atoms with van der Waals surface area (Å²) in [5, 5.41) is 4.58. The van der Waals surface area contributed by atoms with Crippen molar-refractivity contribution >= 4 is 16.9 Å². The zero-order chi connectivity index (χ0) is 9.52. The molecule has 4 heteroatoms. The van der Waals surface area contributed by atoms with E-state index < -0.39 is 0 Å². The third-order valence-corrected chi connectivity index (χ3v) is 2.89. The largest absolute Gasteiger partial charge is 0.349 e. The molecule has 1 fully saturated rings. The maximum absolute atomic E-state index is 4.52. The zero-order valence-corrected chi connectivity index (χ0v) is 9.36. The number of nitrogens with zero attached hydrogens (tertiary/aromatic N) is 2. The van der Waals surface area contributed by atoms with Crippen molar-refractivity contribution in [2.24, 2.45) is 4.99 Å². The summed E-state index contributed by atoms with van der Waals surface area (Å²) in [5.41, 5.74) is 0. The van der Waals surface area contributed by atoms with Crippen molar-refractivity contribution in [2.45, 2.75) is 13.8 Å². The van der Waals surface area contributed by atoms with E-state index >= 15 is 0 Å². The lowest BCUT2D eigenvalue weighted by Crippen LogP contribution is -2.45. The van der Waals surface area contributed by atoms with Crippen LogP contribution in [0.4, 0.5) is 0 Å². The van der Waals surface area contributed by atoms with Crippen LogP contribution in [0, 0.1) is 0 Å². The fourth-order valence-corrected chi connectivity index (χ4v) is 2.20. The van der Waals surface area contributed by atoms with Gasteiger partial charge in [-0.25, -0.2) is 0 Å². The fraction of sp³-hybridized carbons (Fsp3) is 0.889. The second-order valence-corrected chi connectivity index (χ2v) is 4.16. The van der Waals surface area contributed by atoms with Crippen LogP contribution >= 0.6 is 11.8 Å². The van der Waals surface area contributed by atoms with Crippen LogP contribution in [0.1, 0.15) is 13.8 Å². The monoisotopic (exact) mass is 201 g/mol. The van der Waals surface area contributed by atoms with Crippen molar-refractivity contribution in [3.8, 4) is 0 Å². The highest BCUT2D eigenvalue weighted by Crippen LogP contribution is 2.09. The first kappa shape index (κ1) is 10.9. The van der Waals surface area contributed by atoms with Gasteiger partial charge in [0.25, 0.3) is 0 Å². The Kier molecular flexibility index (Phi) is 5.23. The molecule has 0 aromatic heterocycles. The fourth-order valence-electron chi connectivity index (χ4n) is 1.36. The van der Waals surface area contributed by atoms with Crippen LogP contribution in [0.5, 0.6) is 0 Å². The summed E-state index contributed by atoms with van der Waals surface area (Å²) < 4.78 is 0. The van der Waals surface area contributed by atoms with Crippen LogP contribution in [0.2, 0.25) is 0 Å². The second kappa shape index (κ2) is 6.27. The zero-order valence-electron chi connectivity index (χ0n) is 8.55. The number of aliphatic imine (C=N–C) groups is 1. The molecule has 0 saturated carbocycles. The highest BCUT2D eigenvalue weighted by molar-refractivity contribution is 8.13. The highest BCUT2D eigenvalue weighted by atomic mass is 32.2. The molecule has 0 unspecified atom stereocenters. The Morgan fingerprint density at radius 2 is 2.08 bits per heavy atom. The van der Waals surface area contributed by atoms with E-state index in [4.69, 9.17) is 0 Å². The topological polar surface area (TPSA) is 27.6 Å². The molecule has 0 bridgehead atoms. The number of nitrogens with one attached hydrogen (secondary N) is 1. The van der Waals surface area contributed by atoms with E-state index in [0.29, 0.717) is 0 Å². The molecule has 0 aliphatic carbocycles. The molecule has 0 aromatic rings. The average molecular weight is 201 g/mol. The van der Waals surface area contributed by atoms with Crippen LogP contribution in [-0.4, -0.2) is 48.5 Å². The van der Waals surface area contributed by atoms with E-state index in [1.54, 1.807) is 0 Å². The molecule has 1 aliphatic rings. The van der Waals surface area contributed by atoms with Gasteiger partial charge in [-0.15, -0.1) is 0 Å². The lowest BCUT2D eigenvalue weighted by Gasteiger charge is -2.29. The normalized spacial score (nSPS) is 19.2. The molecular formula is C9H19N3S. The van der Waals surface area contributed by atoms with Crippen molar-refractivity contribution in [2.75, 3.05) is 38.5 Å². The number of hydrogen-bond acceptors (Lipinski definition) is 3. The van der Waals surface area contributed by atoms with Crippen LogP contribution < -0.4 is 5.32 Å². The first-order valence-corrected chi connectivity index (χ1v) is 6.00. The molecule has 1 aliphatic heterocycles. The maximum Gasteiger partial charge on any atom is 0.159 e. The molecule has 0 amide bonds. The quantitative estimate of drug-likeness (QED) is 0.534. The molecule has 0 spiro atoms. The minimum absolute atomic E-state index is 0.895. The van der Waals surface area contributed by atoms with Gasteiger partial charge in [-0.2, -0.15) is 0 Å². The van der Waals surface area contributed by atoms with E-state index in [1.165, 1.54) is 5.17 Å². The lowest BCUT2D eigenvalue weighted by atomic mass is 10.4. The Hall–Kier alpha value is -0.220. The summed E-state index contributed by atoms with van der Waals surface area (Å²) in [6, 6.07) is 0. The van der Waals surface area contributed by atoms with Gasteiger partial charge in [-0.1, -0.05) is 18.7 Å². The van der Waals surface area contributed by atoms with Crippen LogP contribution in [-0.2, 0) is 0 Å². The first-order chi connectivity index (χ1) is 6.38. The summed E-state index contributed by atoms with van der Waals surface area (Å²) in [6.45, 7) is 9.56. The van der Waals surface area contributed by atoms with Crippen molar-refractivity contribution in [3.05, 3.63) is 0 Å². The average Bonchev–Trinajstić information content (AvgIpc) is 2.19. The third kappa shape index (κ3) is 3.56. The first-order valence-electron chi connectivity index (χ1n) is 5.01. The molecule has 1 rings (SSSR count). The second-order valence-electron chi connectivity index (χ2n) is 2.93. The number of rotatable bonds is 2. The van der Waals surface area contributed by atoms with Gasteiger partial charge in [0, 0.05) is 32.7 Å². The van der Waals surface area contributed by atoms with Gasteiger partial charge < -0.3 is 10.2 Å². The lowest BCUT2D eigenvalue weighted by molar-refractivity contribution is 0.362. The molecule has 0 aromatic carbocycles. The van der Waals surface area contributed by atoms with Gasteiger partial charge in [-0.3, -0.25) is 4.99 Å². The molecule has 0 atom stereocenters. The molecule has 3 nitrogen and oxygen atoms in total. The summed E-state index contributed by atoms with van der Waals surface area (Å²) in [4.78, 5) is 6.90. The van der Waals surface area contributed by atoms with E-state index in [2.05, 4.69) is 29.1 Å². The molecule has 13 heavy (non-hydrogen) atoms. The van der Waals surface area contributed by atoms with Crippen molar-refractivity contribution in [3.63, 3.8) is 0 Å². The predicted molar refractivity (Wildman–Crippen MR) is 60.6 cm³/mol. The van der Waals surface area contributed by atoms with E-state index in [-0.39, 0.29) is 0 Å². The minimum atomic E-state index is 0.895. The number of hydrogen-bond donors (Lipinski definition) is 1. The van der Waals surface area contributed by atoms with Crippen LogP contribution in [0.3, 0.4) is 0 Å². The molecule has 1 saturated heterocycles. The number of thioether (sulfide) groups is 1. The molecule has 1 N–H and O–H groups in total. The summed E-state index contributed by atoms with van der Waals surface area (Å²) in [6.07, 6.45) is 0. The van der Waals surface area contributed by atoms with Crippen molar-refractivity contribution in [1.29, 1.82) is 0 Å². The summed E-state index contributed by atoms with van der Waals surface area (Å²) >= 11 is 1.86. The smallest absolute Gasteiger partial charge is 0.159 e. The Labute approximate surface area is 85.0 Å². The minimum Gasteiger partial charge on any atom is -0.349 e. The maximum atomic E-state index is 4.52. The van der Waals surface area contributed by atoms with E-state index in [9.17, 15) is 0 Å².